The number of carbonyl (C=O) groups is 2. The minimum Gasteiger partial charge on any atom is -0.497 e. The van der Waals surface area contributed by atoms with Crippen LogP contribution in [0.15, 0.2) is 109 Å². The van der Waals surface area contributed by atoms with E-state index >= 15 is 0 Å². The summed E-state index contributed by atoms with van der Waals surface area (Å²) in [5.74, 6) is 0.482. The lowest BCUT2D eigenvalue weighted by Crippen LogP contribution is -2.58. The van der Waals surface area contributed by atoms with Gasteiger partial charge >= 0.3 is 0 Å². The summed E-state index contributed by atoms with van der Waals surface area (Å²) < 4.78 is 10.9. The van der Waals surface area contributed by atoms with Crippen molar-refractivity contribution in [1.29, 1.82) is 0 Å². The molecule has 2 amide bonds. The lowest BCUT2D eigenvalue weighted by Gasteiger charge is -2.40. The zero-order valence-electron chi connectivity index (χ0n) is 24.7. The van der Waals surface area contributed by atoms with Gasteiger partial charge in [-0.2, -0.15) is 0 Å². The van der Waals surface area contributed by atoms with Gasteiger partial charge in [-0.15, -0.1) is 0 Å². The summed E-state index contributed by atoms with van der Waals surface area (Å²) in [5, 5.41) is 6.66. The van der Waals surface area contributed by atoms with Crippen LogP contribution in [0.5, 0.6) is 11.5 Å². The molecule has 0 bridgehead atoms. The predicted octanol–water partition coefficient (Wildman–Crippen LogP) is 3.91. The number of hydrogen-bond donors (Lipinski definition) is 4. The summed E-state index contributed by atoms with van der Waals surface area (Å²) >= 11 is 0. The fourth-order valence-electron chi connectivity index (χ4n) is 5.32. The molecule has 43 heavy (non-hydrogen) atoms. The highest BCUT2D eigenvalue weighted by Gasteiger charge is 2.40. The molecule has 0 aromatic heterocycles. The first-order valence-corrected chi connectivity index (χ1v) is 14.4. The summed E-state index contributed by atoms with van der Waals surface area (Å²) in [4.78, 5) is 26.6. The molecule has 0 unspecified atom stereocenters. The molecule has 2 atom stereocenters. The van der Waals surface area contributed by atoms with E-state index < -0.39 is 23.5 Å². The van der Waals surface area contributed by atoms with Gasteiger partial charge in [-0.25, -0.2) is 0 Å². The van der Waals surface area contributed by atoms with E-state index in [1.807, 2.05) is 109 Å². The lowest BCUT2D eigenvalue weighted by atomic mass is 9.76. The van der Waals surface area contributed by atoms with Crippen LogP contribution < -0.4 is 31.6 Å². The van der Waals surface area contributed by atoms with Crippen LogP contribution in [0.25, 0.3) is 0 Å². The molecule has 0 aliphatic rings. The van der Waals surface area contributed by atoms with Gasteiger partial charge < -0.3 is 26.3 Å². The van der Waals surface area contributed by atoms with Gasteiger partial charge in [0.05, 0.1) is 25.8 Å². The first-order valence-electron chi connectivity index (χ1n) is 14.4. The van der Waals surface area contributed by atoms with Crippen molar-refractivity contribution in [1.82, 2.24) is 10.6 Å². The first kappa shape index (κ1) is 31.3. The monoisotopic (exact) mass is 580 g/mol. The van der Waals surface area contributed by atoms with Crippen molar-refractivity contribution in [3.8, 4) is 11.5 Å². The van der Waals surface area contributed by atoms with Gasteiger partial charge in [-0.3, -0.25) is 14.9 Å². The van der Waals surface area contributed by atoms with Crippen LogP contribution in [0.3, 0.4) is 0 Å². The summed E-state index contributed by atoms with van der Waals surface area (Å²) in [5.41, 5.74) is 14.3. The van der Waals surface area contributed by atoms with E-state index in [4.69, 9.17) is 20.9 Å². The molecule has 4 aromatic rings. The highest BCUT2D eigenvalue weighted by Crippen LogP contribution is 2.39. The predicted molar refractivity (Wildman–Crippen MR) is 169 cm³/mol. The van der Waals surface area contributed by atoms with E-state index in [1.54, 1.807) is 14.2 Å². The van der Waals surface area contributed by atoms with Gasteiger partial charge in [0.1, 0.15) is 17.5 Å². The number of amides is 2. The molecule has 8 nitrogen and oxygen atoms in total. The Labute approximate surface area is 253 Å². The van der Waals surface area contributed by atoms with Crippen LogP contribution in [0, 0.1) is 0 Å². The van der Waals surface area contributed by atoms with Crippen molar-refractivity contribution in [2.75, 3.05) is 20.8 Å². The molecule has 4 aromatic carbocycles. The Morgan fingerprint density at radius 1 is 0.721 bits per heavy atom. The van der Waals surface area contributed by atoms with Gasteiger partial charge in [0, 0.05) is 6.42 Å². The van der Waals surface area contributed by atoms with Crippen LogP contribution in [0.1, 0.15) is 35.1 Å². The number of benzene rings is 4. The Hall–Kier alpha value is -4.66. The Kier molecular flexibility index (Phi) is 10.9. The zero-order chi connectivity index (χ0) is 30.7. The SMILES string of the molecule is COc1ccc(C(N[C@@H](CCCN)C(=O)N[C@@H](Cc2ccccc2)C(N)=O)(c2ccccc2)c2ccc(OC)cc2)cc1. The number of ether oxygens (including phenoxy) is 2. The summed E-state index contributed by atoms with van der Waals surface area (Å²) in [7, 11) is 3.25. The third-order valence-corrected chi connectivity index (χ3v) is 7.60. The second-order valence-corrected chi connectivity index (χ2v) is 10.4. The summed E-state index contributed by atoms with van der Waals surface area (Å²) in [6.07, 6.45) is 1.30. The largest absolute Gasteiger partial charge is 0.497 e. The molecule has 0 saturated heterocycles. The standard InChI is InChI=1S/C35H40N4O4/c1-42-29-19-15-27(16-20-29)35(26-12-7-4-8-13-26,28-17-21-30(43-2)22-18-28)39-31(14-9-23-36)34(41)38-32(33(37)40)24-25-10-5-3-6-11-25/h3-8,10-13,15-22,31-32,39H,9,14,23-24,36H2,1-2H3,(H2,37,40)(H,38,41)/t31-,32-/m0/s1. The number of methoxy groups -OCH3 is 2. The number of nitrogens with one attached hydrogen (secondary N) is 2. The van der Waals surface area contributed by atoms with Crippen molar-refractivity contribution in [3.05, 3.63) is 131 Å². The molecule has 0 aliphatic carbocycles. The number of rotatable bonds is 15. The molecule has 0 radical (unpaired) electrons. The van der Waals surface area contributed by atoms with Crippen molar-refractivity contribution >= 4 is 11.8 Å². The molecule has 224 valence electrons. The maximum Gasteiger partial charge on any atom is 0.240 e. The number of carbonyl (C=O) groups excluding carboxylic acids is 2. The summed E-state index contributed by atoms with van der Waals surface area (Å²) in [6.45, 7) is 0.401. The van der Waals surface area contributed by atoms with Gasteiger partial charge in [0.15, 0.2) is 0 Å². The van der Waals surface area contributed by atoms with E-state index in [2.05, 4.69) is 10.6 Å². The fraction of sp³-hybridized carbons (Fsp3) is 0.257. The van der Waals surface area contributed by atoms with Gasteiger partial charge in [0.2, 0.25) is 11.8 Å². The highest BCUT2D eigenvalue weighted by atomic mass is 16.5. The van der Waals surface area contributed by atoms with Crippen LogP contribution in [0.4, 0.5) is 0 Å². The van der Waals surface area contributed by atoms with E-state index in [0.29, 0.717) is 30.9 Å². The minimum atomic E-state index is -0.974. The van der Waals surface area contributed by atoms with E-state index in [9.17, 15) is 9.59 Å². The van der Waals surface area contributed by atoms with Crippen LogP contribution in [-0.4, -0.2) is 44.7 Å². The van der Waals surface area contributed by atoms with Crippen molar-refractivity contribution in [3.63, 3.8) is 0 Å². The summed E-state index contributed by atoms with van der Waals surface area (Å²) in [6, 6.07) is 33.4. The molecule has 4 rings (SSSR count). The quantitative estimate of drug-likeness (QED) is 0.158. The maximum absolute atomic E-state index is 14.1. The average molecular weight is 581 g/mol. The van der Waals surface area contributed by atoms with Crippen molar-refractivity contribution < 1.29 is 19.1 Å². The average Bonchev–Trinajstić information content (AvgIpc) is 3.05. The van der Waals surface area contributed by atoms with Crippen LogP contribution >= 0.6 is 0 Å². The van der Waals surface area contributed by atoms with Gasteiger partial charge in [-0.05, 0) is 65.9 Å². The molecule has 6 N–H and O–H groups in total. The number of nitrogens with two attached hydrogens (primary N) is 2. The molecule has 0 fully saturated rings. The van der Waals surface area contributed by atoms with Crippen LogP contribution in [-0.2, 0) is 21.5 Å². The van der Waals surface area contributed by atoms with Gasteiger partial charge in [0.25, 0.3) is 0 Å². The number of hydrogen-bond acceptors (Lipinski definition) is 6. The zero-order valence-corrected chi connectivity index (χ0v) is 24.7. The normalized spacial score (nSPS) is 12.6. The lowest BCUT2D eigenvalue weighted by molar-refractivity contribution is -0.129. The van der Waals surface area contributed by atoms with Crippen LogP contribution in [0.2, 0.25) is 0 Å². The molecule has 0 heterocycles. The minimum absolute atomic E-state index is 0.284. The van der Waals surface area contributed by atoms with E-state index in [0.717, 1.165) is 22.3 Å². The van der Waals surface area contributed by atoms with Gasteiger partial charge in [-0.1, -0.05) is 84.9 Å². The van der Waals surface area contributed by atoms with Crippen molar-refractivity contribution in [2.45, 2.75) is 36.9 Å². The Bertz CT molecular complexity index is 1400. The number of primary amides is 1. The molecule has 0 aliphatic heterocycles. The van der Waals surface area contributed by atoms with Crippen molar-refractivity contribution in [2.24, 2.45) is 11.5 Å². The molecular formula is C35H40N4O4. The van der Waals surface area contributed by atoms with E-state index in [1.165, 1.54) is 0 Å². The topological polar surface area (TPSA) is 129 Å². The third-order valence-electron chi connectivity index (χ3n) is 7.60. The second kappa shape index (κ2) is 15.0. The Morgan fingerprint density at radius 3 is 1.67 bits per heavy atom. The Balaban J connectivity index is 1.82. The molecule has 0 spiro atoms. The third kappa shape index (κ3) is 7.60. The fourth-order valence-corrected chi connectivity index (χ4v) is 5.32. The molecule has 0 saturated carbocycles. The Morgan fingerprint density at radius 2 is 1.21 bits per heavy atom. The second-order valence-electron chi connectivity index (χ2n) is 10.4. The maximum atomic E-state index is 14.1. The first-order chi connectivity index (χ1) is 20.9. The molecule has 8 heteroatoms. The highest BCUT2D eigenvalue weighted by molar-refractivity contribution is 5.89. The van der Waals surface area contributed by atoms with E-state index in [-0.39, 0.29) is 12.3 Å². The molecular weight excluding hydrogens is 540 g/mol. The smallest absolute Gasteiger partial charge is 0.240 e.